The molecule has 0 heterocycles. The second kappa shape index (κ2) is 5.64. The van der Waals surface area contributed by atoms with Gasteiger partial charge in [-0.1, -0.05) is 6.07 Å². The molecular weight excluding hydrogens is 271 g/mol. The summed E-state index contributed by atoms with van der Waals surface area (Å²) in [6.07, 6.45) is 0. The van der Waals surface area contributed by atoms with E-state index in [4.69, 9.17) is 0 Å². The van der Waals surface area contributed by atoms with E-state index in [0.717, 1.165) is 30.3 Å². The van der Waals surface area contributed by atoms with Gasteiger partial charge in [0, 0.05) is 12.1 Å². The van der Waals surface area contributed by atoms with Crippen LogP contribution in [0, 0.1) is 17.5 Å². The maximum Gasteiger partial charge on any atom is 0.258 e. The van der Waals surface area contributed by atoms with E-state index < -0.39 is 34.7 Å². The van der Waals surface area contributed by atoms with Crippen molar-refractivity contribution in [1.82, 2.24) is 5.32 Å². The molecule has 0 saturated carbocycles. The Hall–Kier alpha value is -2.50. The van der Waals surface area contributed by atoms with Crippen LogP contribution in [0.4, 0.5) is 13.2 Å². The second-order valence-corrected chi connectivity index (χ2v) is 4.05. The van der Waals surface area contributed by atoms with Crippen LogP contribution in [0.1, 0.15) is 15.9 Å². The van der Waals surface area contributed by atoms with E-state index in [2.05, 4.69) is 5.32 Å². The average molecular weight is 281 g/mol. The molecule has 0 bridgehead atoms. The molecule has 6 heteroatoms. The average Bonchev–Trinajstić information content (AvgIpc) is 2.39. The quantitative estimate of drug-likeness (QED) is 0.908. The first-order chi connectivity index (χ1) is 9.49. The molecule has 0 fully saturated rings. The van der Waals surface area contributed by atoms with E-state index >= 15 is 0 Å². The molecule has 0 spiro atoms. The number of amides is 1. The molecule has 2 aromatic rings. The summed E-state index contributed by atoms with van der Waals surface area (Å²) in [4.78, 5) is 11.7. The predicted octanol–water partition coefficient (Wildman–Crippen LogP) is 2.74. The summed E-state index contributed by atoms with van der Waals surface area (Å²) >= 11 is 0. The lowest BCUT2D eigenvalue weighted by atomic mass is 10.1. The minimum absolute atomic E-state index is 0.0748. The molecule has 2 aromatic carbocycles. The highest BCUT2D eigenvalue weighted by Gasteiger charge is 2.16. The zero-order valence-corrected chi connectivity index (χ0v) is 10.2. The third kappa shape index (κ3) is 2.90. The van der Waals surface area contributed by atoms with Crippen LogP contribution in [0.5, 0.6) is 5.75 Å². The fraction of sp³-hybridized carbons (Fsp3) is 0.0714. The van der Waals surface area contributed by atoms with Crippen LogP contribution in [-0.2, 0) is 6.54 Å². The first-order valence-corrected chi connectivity index (χ1v) is 5.68. The fourth-order valence-corrected chi connectivity index (χ4v) is 1.68. The number of nitrogens with one attached hydrogen (secondary N) is 1. The van der Waals surface area contributed by atoms with Crippen molar-refractivity contribution in [2.45, 2.75) is 6.54 Å². The number of hydrogen-bond acceptors (Lipinski definition) is 2. The van der Waals surface area contributed by atoms with Crippen molar-refractivity contribution in [2.24, 2.45) is 0 Å². The van der Waals surface area contributed by atoms with Gasteiger partial charge in [0.1, 0.15) is 28.8 Å². The number of halogens is 3. The summed E-state index contributed by atoms with van der Waals surface area (Å²) in [5.41, 5.74) is -0.613. The molecule has 0 radical (unpaired) electrons. The SMILES string of the molecule is O=C(NCc1cc(F)ccc1F)c1c(O)cccc1F. The Labute approximate surface area is 112 Å². The van der Waals surface area contributed by atoms with Gasteiger partial charge in [0.15, 0.2) is 0 Å². The van der Waals surface area contributed by atoms with Gasteiger partial charge in [0.2, 0.25) is 0 Å². The summed E-state index contributed by atoms with van der Waals surface area (Å²) < 4.78 is 39.7. The molecule has 2 N–H and O–H groups in total. The van der Waals surface area contributed by atoms with E-state index in [1.807, 2.05) is 0 Å². The normalized spacial score (nSPS) is 10.3. The highest BCUT2D eigenvalue weighted by Crippen LogP contribution is 2.19. The molecule has 0 aliphatic heterocycles. The maximum atomic E-state index is 13.4. The Morgan fingerprint density at radius 1 is 1.10 bits per heavy atom. The summed E-state index contributed by atoms with van der Waals surface area (Å²) in [7, 11) is 0. The van der Waals surface area contributed by atoms with Crippen molar-refractivity contribution in [2.75, 3.05) is 0 Å². The molecular formula is C14H10F3NO2. The number of rotatable bonds is 3. The van der Waals surface area contributed by atoms with Gasteiger partial charge in [-0.05, 0) is 30.3 Å². The van der Waals surface area contributed by atoms with E-state index in [-0.39, 0.29) is 12.1 Å². The van der Waals surface area contributed by atoms with Gasteiger partial charge in [-0.25, -0.2) is 13.2 Å². The molecule has 3 nitrogen and oxygen atoms in total. The second-order valence-electron chi connectivity index (χ2n) is 4.05. The van der Waals surface area contributed by atoms with Gasteiger partial charge in [-0.2, -0.15) is 0 Å². The molecule has 0 aromatic heterocycles. The van der Waals surface area contributed by atoms with Crippen molar-refractivity contribution < 1.29 is 23.1 Å². The van der Waals surface area contributed by atoms with Gasteiger partial charge < -0.3 is 10.4 Å². The molecule has 0 saturated heterocycles. The number of phenolic OH excluding ortho intramolecular Hbond substituents is 1. The van der Waals surface area contributed by atoms with E-state index in [1.165, 1.54) is 6.07 Å². The lowest BCUT2D eigenvalue weighted by Gasteiger charge is -2.08. The summed E-state index contributed by atoms with van der Waals surface area (Å²) in [5, 5.41) is 11.6. The number of carbonyl (C=O) groups excluding carboxylic acids is 1. The van der Waals surface area contributed by atoms with Crippen LogP contribution in [0.2, 0.25) is 0 Å². The van der Waals surface area contributed by atoms with Crippen LogP contribution in [0.15, 0.2) is 36.4 Å². The van der Waals surface area contributed by atoms with Gasteiger partial charge in [0.05, 0.1) is 0 Å². The van der Waals surface area contributed by atoms with Crippen molar-refractivity contribution in [3.63, 3.8) is 0 Å². The summed E-state index contributed by atoms with van der Waals surface area (Å²) in [6, 6.07) is 6.21. The molecule has 20 heavy (non-hydrogen) atoms. The van der Waals surface area contributed by atoms with Crippen LogP contribution in [-0.4, -0.2) is 11.0 Å². The number of hydrogen-bond donors (Lipinski definition) is 2. The lowest BCUT2D eigenvalue weighted by molar-refractivity contribution is 0.0943. The molecule has 1 amide bonds. The molecule has 0 aliphatic rings. The highest BCUT2D eigenvalue weighted by atomic mass is 19.1. The fourth-order valence-electron chi connectivity index (χ4n) is 1.68. The highest BCUT2D eigenvalue weighted by molar-refractivity contribution is 5.97. The Kier molecular flexibility index (Phi) is 3.93. The third-order valence-corrected chi connectivity index (χ3v) is 2.67. The molecule has 0 atom stereocenters. The van der Waals surface area contributed by atoms with Crippen molar-refractivity contribution in [3.05, 3.63) is 65.0 Å². The van der Waals surface area contributed by atoms with Crippen LogP contribution >= 0.6 is 0 Å². The minimum Gasteiger partial charge on any atom is -0.507 e. The van der Waals surface area contributed by atoms with Gasteiger partial charge in [-0.15, -0.1) is 0 Å². The predicted molar refractivity (Wildman–Crippen MR) is 65.6 cm³/mol. The Balaban J connectivity index is 2.15. The van der Waals surface area contributed by atoms with Crippen molar-refractivity contribution in [3.8, 4) is 5.75 Å². The zero-order chi connectivity index (χ0) is 14.7. The van der Waals surface area contributed by atoms with E-state index in [1.54, 1.807) is 0 Å². The van der Waals surface area contributed by atoms with E-state index in [9.17, 15) is 23.1 Å². The monoisotopic (exact) mass is 281 g/mol. The van der Waals surface area contributed by atoms with Gasteiger partial charge in [0.25, 0.3) is 5.91 Å². The number of aromatic hydroxyl groups is 1. The molecule has 2 rings (SSSR count). The van der Waals surface area contributed by atoms with Crippen LogP contribution < -0.4 is 5.32 Å². The smallest absolute Gasteiger partial charge is 0.258 e. The first kappa shape index (κ1) is 13.9. The maximum absolute atomic E-state index is 13.4. The summed E-state index contributed by atoms with van der Waals surface area (Å²) in [6.45, 7) is -0.323. The Morgan fingerprint density at radius 2 is 1.85 bits per heavy atom. The first-order valence-electron chi connectivity index (χ1n) is 5.68. The molecule has 104 valence electrons. The molecule has 0 aliphatic carbocycles. The van der Waals surface area contributed by atoms with Crippen molar-refractivity contribution >= 4 is 5.91 Å². The Morgan fingerprint density at radius 3 is 2.55 bits per heavy atom. The third-order valence-electron chi connectivity index (χ3n) is 2.67. The van der Waals surface area contributed by atoms with Crippen LogP contribution in [0.3, 0.4) is 0 Å². The standard InChI is InChI=1S/C14H10F3NO2/c15-9-4-5-10(16)8(6-9)7-18-14(20)13-11(17)2-1-3-12(13)19/h1-6,19H,7H2,(H,18,20). The number of carbonyl (C=O) groups is 1. The number of phenols is 1. The largest absolute Gasteiger partial charge is 0.507 e. The summed E-state index contributed by atoms with van der Waals surface area (Å²) in [5.74, 6) is -3.68. The lowest BCUT2D eigenvalue weighted by Crippen LogP contribution is -2.24. The van der Waals surface area contributed by atoms with E-state index in [0.29, 0.717) is 0 Å². The van der Waals surface area contributed by atoms with Gasteiger partial charge in [-0.3, -0.25) is 4.79 Å². The topological polar surface area (TPSA) is 49.3 Å². The Bertz CT molecular complexity index is 639. The molecule has 0 unspecified atom stereocenters. The van der Waals surface area contributed by atoms with Crippen molar-refractivity contribution in [1.29, 1.82) is 0 Å². The minimum atomic E-state index is -0.913. The van der Waals surface area contributed by atoms with Gasteiger partial charge >= 0.3 is 0 Å². The number of benzene rings is 2. The zero-order valence-electron chi connectivity index (χ0n) is 10.2. The van der Waals surface area contributed by atoms with Crippen LogP contribution in [0.25, 0.3) is 0 Å².